The Morgan fingerprint density at radius 1 is 1.23 bits per heavy atom. The molecule has 0 aliphatic rings. The number of nitriles is 1. The van der Waals surface area contributed by atoms with Crippen LogP contribution in [0, 0.1) is 25.2 Å². The molecule has 2 heteroatoms. The summed E-state index contributed by atoms with van der Waals surface area (Å²) < 4.78 is 1.30. The van der Waals surface area contributed by atoms with Crippen molar-refractivity contribution in [3.63, 3.8) is 0 Å². The highest BCUT2D eigenvalue weighted by molar-refractivity contribution is 7.17. The van der Waals surface area contributed by atoms with E-state index < -0.39 is 0 Å². The average molecular weight is 187 g/mol. The number of rotatable bonds is 0. The molecule has 1 aromatic heterocycles. The smallest absolute Gasteiger partial charge is 0.0991 e. The molecule has 1 nitrogen and oxygen atoms in total. The molecule has 0 N–H and O–H groups in total. The highest BCUT2D eigenvalue weighted by Crippen LogP contribution is 2.29. The van der Waals surface area contributed by atoms with E-state index in [9.17, 15) is 0 Å². The third kappa shape index (κ3) is 1.22. The fourth-order valence-electron chi connectivity index (χ4n) is 1.50. The number of fused-ring (bicyclic) bond motifs is 1. The molecule has 0 radical (unpaired) electrons. The van der Waals surface area contributed by atoms with Gasteiger partial charge in [0.05, 0.1) is 11.6 Å². The molecule has 2 aromatic rings. The average Bonchev–Trinajstić information content (AvgIpc) is 2.48. The van der Waals surface area contributed by atoms with Crippen molar-refractivity contribution in [2.45, 2.75) is 13.8 Å². The summed E-state index contributed by atoms with van der Waals surface area (Å²) in [6.45, 7) is 4.14. The van der Waals surface area contributed by atoms with E-state index in [0.29, 0.717) is 0 Å². The van der Waals surface area contributed by atoms with Crippen LogP contribution in [0.5, 0.6) is 0 Å². The van der Waals surface area contributed by atoms with Crippen molar-refractivity contribution < 1.29 is 0 Å². The summed E-state index contributed by atoms with van der Waals surface area (Å²) in [7, 11) is 0. The summed E-state index contributed by atoms with van der Waals surface area (Å²) in [5.41, 5.74) is 3.22. The SMILES string of the molecule is Cc1csc2c(C)cc(C#N)cc12. The molecule has 64 valence electrons. The van der Waals surface area contributed by atoms with Gasteiger partial charge in [-0.05, 0) is 47.9 Å². The van der Waals surface area contributed by atoms with Crippen molar-refractivity contribution in [2.75, 3.05) is 0 Å². The van der Waals surface area contributed by atoms with Crippen molar-refractivity contribution in [3.05, 3.63) is 34.2 Å². The third-order valence-electron chi connectivity index (χ3n) is 2.18. The predicted molar refractivity (Wildman–Crippen MR) is 56.0 cm³/mol. The van der Waals surface area contributed by atoms with Gasteiger partial charge in [0.2, 0.25) is 0 Å². The number of benzene rings is 1. The van der Waals surface area contributed by atoms with Crippen molar-refractivity contribution in [1.82, 2.24) is 0 Å². The lowest BCUT2D eigenvalue weighted by Crippen LogP contribution is -1.78. The van der Waals surface area contributed by atoms with Gasteiger partial charge < -0.3 is 0 Å². The second-order valence-electron chi connectivity index (χ2n) is 3.20. The molecule has 0 aliphatic carbocycles. The first-order chi connectivity index (χ1) is 6.22. The standard InChI is InChI=1S/C11H9NS/c1-7-3-9(5-12)4-10-8(2)6-13-11(7)10/h3-4,6H,1-2H3. The van der Waals surface area contributed by atoms with Gasteiger partial charge in [-0.15, -0.1) is 11.3 Å². The van der Waals surface area contributed by atoms with E-state index in [1.165, 1.54) is 21.2 Å². The van der Waals surface area contributed by atoms with Crippen LogP contribution >= 0.6 is 11.3 Å². The minimum absolute atomic E-state index is 0.756. The lowest BCUT2D eigenvalue weighted by molar-refractivity contribution is 1.46. The summed E-state index contributed by atoms with van der Waals surface area (Å²) in [5.74, 6) is 0. The molecule has 0 spiro atoms. The molecule has 13 heavy (non-hydrogen) atoms. The summed E-state index contributed by atoms with van der Waals surface area (Å²) in [5, 5.41) is 12.2. The van der Waals surface area contributed by atoms with Gasteiger partial charge in [-0.3, -0.25) is 0 Å². The third-order valence-corrected chi connectivity index (χ3v) is 3.43. The molecule has 0 fully saturated rings. The predicted octanol–water partition coefficient (Wildman–Crippen LogP) is 3.39. The largest absolute Gasteiger partial charge is 0.192 e. The molecule has 1 aromatic carbocycles. The maximum atomic E-state index is 8.80. The molecule has 0 saturated carbocycles. The summed E-state index contributed by atoms with van der Waals surface area (Å²) in [6, 6.07) is 6.09. The van der Waals surface area contributed by atoms with E-state index in [2.05, 4.69) is 25.3 Å². The number of hydrogen-bond acceptors (Lipinski definition) is 2. The first-order valence-corrected chi connectivity index (χ1v) is 4.99. The van der Waals surface area contributed by atoms with E-state index >= 15 is 0 Å². The lowest BCUT2D eigenvalue weighted by atomic mass is 10.1. The Morgan fingerprint density at radius 2 is 2.00 bits per heavy atom. The molecule has 0 amide bonds. The van der Waals surface area contributed by atoms with Crippen LogP contribution in [0.4, 0.5) is 0 Å². The topological polar surface area (TPSA) is 23.8 Å². The molecule has 0 aliphatic heterocycles. The second-order valence-corrected chi connectivity index (χ2v) is 4.08. The Morgan fingerprint density at radius 3 is 2.69 bits per heavy atom. The monoisotopic (exact) mass is 187 g/mol. The van der Waals surface area contributed by atoms with Gasteiger partial charge in [-0.1, -0.05) is 0 Å². The van der Waals surface area contributed by atoms with Gasteiger partial charge in [-0.25, -0.2) is 0 Å². The van der Waals surface area contributed by atoms with Gasteiger partial charge in [0, 0.05) is 4.70 Å². The van der Waals surface area contributed by atoms with Crippen molar-refractivity contribution >= 4 is 21.4 Å². The Labute approximate surface area is 81.2 Å². The van der Waals surface area contributed by atoms with Crippen molar-refractivity contribution in [2.24, 2.45) is 0 Å². The molecule has 0 unspecified atom stereocenters. The normalized spacial score (nSPS) is 10.2. The first-order valence-electron chi connectivity index (χ1n) is 4.11. The lowest BCUT2D eigenvalue weighted by Gasteiger charge is -1.97. The van der Waals surface area contributed by atoms with Gasteiger partial charge in [0.15, 0.2) is 0 Å². The number of thiophene rings is 1. The van der Waals surface area contributed by atoms with Crippen LogP contribution in [0.2, 0.25) is 0 Å². The fourth-order valence-corrected chi connectivity index (χ4v) is 2.51. The van der Waals surface area contributed by atoms with Crippen LogP contribution in [0.1, 0.15) is 16.7 Å². The minimum atomic E-state index is 0.756. The van der Waals surface area contributed by atoms with Gasteiger partial charge >= 0.3 is 0 Å². The second kappa shape index (κ2) is 2.86. The number of hydrogen-bond donors (Lipinski definition) is 0. The van der Waals surface area contributed by atoms with E-state index in [1.807, 2.05) is 12.1 Å². The zero-order valence-corrected chi connectivity index (χ0v) is 8.40. The van der Waals surface area contributed by atoms with Crippen LogP contribution in [0.15, 0.2) is 17.5 Å². The first kappa shape index (κ1) is 8.28. The van der Waals surface area contributed by atoms with Crippen LogP contribution in [0.3, 0.4) is 0 Å². The molecule has 0 atom stereocenters. The fraction of sp³-hybridized carbons (Fsp3) is 0.182. The van der Waals surface area contributed by atoms with Gasteiger partial charge in [0.1, 0.15) is 0 Å². The summed E-state index contributed by atoms with van der Waals surface area (Å²) in [6.07, 6.45) is 0. The Balaban J connectivity index is 2.90. The van der Waals surface area contributed by atoms with Crippen molar-refractivity contribution in [3.8, 4) is 6.07 Å². The van der Waals surface area contributed by atoms with Crippen LogP contribution in [-0.2, 0) is 0 Å². The van der Waals surface area contributed by atoms with E-state index in [1.54, 1.807) is 11.3 Å². The van der Waals surface area contributed by atoms with E-state index in [0.717, 1.165) is 5.56 Å². The van der Waals surface area contributed by atoms with Gasteiger partial charge in [0.25, 0.3) is 0 Å². The van der Waals surface area contributed by atoms with E-state index in [-0.39, 0.29) is 0 Å². The maximum Gasteiger partial charge on any atom is 0.0991 e. The number of nitrogens with zero attached hydrogens (tertiary/aromatic N) is 1. The Bertz CT molecular complexity index is 503. The van der Waals surface area contributed by atoms with Gasteiger partial charge in [-0.2, -0.15) is 5.26 Å². The summed E-state index contributed by atoms with van der Waals surface area (Å²) >= 11 is 1.75. The molecular weight excluding hydrogens is 178 g/mol. The summed E-state index contributed by atoms with van der Waals surface area (Å²) in [4.78, 5) is 0. The highest BCUT2D eigenvalue weighted by atomic mass is 32.1. The molecular formula is C11H9NS. The zero-order valence-electron chi connectivity index (χ0n) is 7.59. The quantitative estimate of drug-likeness (QED) is 0.620. The molecule has 0 saturated heterocycles. The highest BCUT2D eigenvalue weighted by Gasteiger charge is 2.04. The van der Waals surface area contributed by atoms with Crippen LogP contribution in [0.25, 0.3) is 10.1 Å². The maximum absolute atomic E-state index is 8.80. The molecule has 2 rings (SSSR count). The van der Waals surface area contributed by atoms with Crippen LogP contribution in [-0.4, -0.2) is 0 Å². The Hall–Kier alpha value is -1.33. The molecule has 0 bridgehead atoms. The Kier molecular flexibility index (Phi) is 1.82. The molecule has 1 heterocycles. The van der Waals surface area contributed by atoms with E-state index in [4.69, 9.17) is 5.26 Å². The van der Waals surface area contributed by atoms with Crippen molar-refractivity contribution in [1.29, 1.82) is 5.26 Å². The minimum Gasteiger partial charge on any atom is -0.192 e. The van der Waals surface area contributed by atoms with Crippen LogP contribution < -0.4 is 0 Å². The zero-order chi connectivity index (χ0) is 9.42. The number of aryl methyl sites for hydroxylation is 2.